The molecule has 1 atom stereocenters. The second-order valence-electron chi connectivity index (χ2n) is 3.83. The normalized spacial score (nSPS) is 14.7. The minimum atomic E-state index is -0.710. The van der Waals surface area contributed by atoms with Crippen LogP contribution in [0.15, 0.2) is 12.4 Å². The second-order valence-corrected chi connectivity index (χ2v) is 4.69. The number of nitrogens with one attached hydrogen (secondary N) is 1. The molecule has 0 aliphatic heterocycles. The number of nitrogens with zero attached hydrogens (tertiary/aromatic N) is 2. The number of aliphatic hydroxyl groups is 1. The minimum absolute atomic E-state index is 0.490. The van der Waals surface area contributed by atoms with E-state index >= 15 is 0 Å². The average Bonchev–Trinajstić information content (AvgIpc) is 2.15. The predicted octanol–water partition coefficient (Wildman–Crippen LogP) is 1.31. The molecule has 0 saturated heterocycles. The van der Waals surface area contributed by atoms with E-state index in [1.807, 2.05) is 26.2 Å². The van der Waals surface area contributed by atoms with Crippen molar-refractivity contribution in [3.05, 3.63) is 18.1 Å². The Labute approximate surface area is 94.5 Å². The average molecular weight is 227 g/mol. The van der Waals surface area contributed by atoms with Crippen LogP contribution in [-0.4, -0.2) is 39.2 Å². The van der Waals surface area contributed by atoms with Gasteiger partial charge in [-0.25, -0.2) is 9.97 Å². The standard InChI is InChI=1S/C10H17N3OS/c1-8-4-9(13-7-12-8)11-5-10(2,14)6-15-3/h4,7,14H,5-6H2,1-3H3,(H,11,12,13). The maximum atomic E-state index is 9.92. The molecule has 2 N–H and O–H groups in total. The summed E-state index contributed by atoms with van der Waals surface area (Å²) in [5, 5.41) is 13.0. The summed E-state index contributed by atoms with van der Waals surface area (Å²) in [5.74, 6) is 1.45. The Bertz CT molecular complexity index is 317. The van der Waals surface area contributed by atoms with Gasteiger partial charge in [0.15, 0.2) is 0 Å². The summed E-state index contributed by atoms with van der Waals surface area (Å²) in [6.45, 7) is 4.21. The quantitative estimate of drug-likeness (QED) is 0.794. The lowest BCUT2D eigenvalue weighted by Crippen LogP contribution is -2.36. The third-order valence-corrected chi connectivity index (χ3v) is 2.82. The van der Waals surface area contributed by atoms with Crippen LogP contribution in [0.1, 0.15) is 12.6 Å². The van der Waals surface area contributed by atoms with Gasteiger partial charge >= 0.3 is 0 Å². The summed E-state index contributed by atoms with van der Waals surface area (Å²) in [6.07, 6.45) is 3.49. The van der Waals surface area contributed by atoms with Crippen LogP contribution in [0.3, 0.4) is 0 Å². The highest BCUT2D eigenvalue weighted by molar-refractivity contribution is 7.98. The van der Waals surface area contributed by atoms with Gasteiger partial charge in [0.05, 0.1) is 5.60 Å². The Morgan fingerprint density at radius 2 is 2.27 bits per heavy atom. The fourth-order valence-electron chi connectivity index (χ4n) is 1.19. The van der Waals surface area contributed by atoms with E-state index < -0.39 is 5.60 Å². The second kappa shape index (κ2) is 5.32. The van der Waals surface area contributed by atoms with Gasteiger partial charge in [-0.3, -0.25) is 0 Å². The van der Waals surface area contributed by atoms with Crippen molar-refractivity contribution >= 4 is 17.6 Å². The summed E-state index contributed by atoms with van der Waals surface area (Å²) in [7, 11) is 0. The first-order valence-corrected chi connectivity index (χ1v) is 6.17. The van der Waals surface area contributed by atoms with Crippen LogP contribution in [0.5, 0.6) is 0 Å². The first kappa shape index (κ1) is 12.3. The number of rotatable bonds is 5. The number of hydrogen-bond acceptors (Lipinski definition) is 5. The lowest BCUT2D eigenvalue weighted by atomic mass is 10.1. The smallest absolute Gasteiger partial charge is 0.129 e. The number of anilines is 1. The lowest BCUT2D eigenvalue weighted by molar-refractivity contribution is 0.0996. The number of hydrogen-bond donors (Lipinski definition) is 2. The van der Waals surface area contributed by atoms with E-state index in [1.54, 1.807) is 11.8 Å². The molecule has 5 heteroatoms. The molecular weight excluding hydrogens is 210 g/mol. The minimum Gasteiger partial charge on any atom is -0.387 e. The number of aryl methyl sites for hydroxylation is 1. The third kappa shape index (κ3) is 4.48. The third-order valence-electron chi connectivity index (χ3n) is 1.91. The van der Waals surface area contributed by atoms with E-state index in [9.17, 15) is 5.11 Å². The fourth-order valence-corrected chi connectivity index (χ4v) is 1.92. The maximum Gasteiger partial charge on any atom is 0.129 e. The Hall–Kier alpha value is -0.810. The molecule has 1 aromatic heterocycles. The molecule has 1 heterocycles. The van der Waals surface area contributed by atoms with Crippen LogP contribution in [0.2, 0.25) is 0 Å². The van der Waals surface area contributed by atoms with Crippen molar-refractivity contribution in [3.8, 4) is 0 Å². The molecule has 0 aliphatic carbocycles. The van der Waals surface area contributed by atoms with Gasteiger partial charge in [0.25, 0.3) is 0 Å². The molecule has 0 amide bonds. The first-order valence-electron chi connectivity index (χ1n) is 4.77. The Morgan fingerprint density at radius 3 is 2.87 bits per heavy atom. The van der Waals surface area contributed by atoms with E-state index in [1.165, 1.54) is 6.33 Å². The summed E-state index contributed by atoms with van der Waals surface area (Å²) in [6, 6.07) is 1.86. The van der Waals surface area contributed by atoms with Crippen molar-refractivity contribution in [3.63, 3.8) is 0 Å². The Morgan fingerprint density at radius 1 is 1.53 bits per heavy atom. The molecular formula is C10H17N3OS. The molecule has 1 unspecified atom stereocenters. The van der Waals surface area contributed by atoms with Gasteiger partial charge in [0.1, 0.15) is 12.1 Å². The van der Waals surface area contributed by atoms with Gasteiger partial charge in [0, 0.05) is 24.1 Å². The molecule has 0 spiro atoms. The monoisotopic (exact) mass is 227 g/mol. The zero-order chi connectivity index (χ0) is 11.3. The van der Waals surface area contributed by atoms with E-state index in [0.29, 0.717) is 12.3 Å². The predicted molar refractivity (Wildman–Crippen MR) is 64.3 cm³/mol. The number of aromatic nitrogens is 2. The van der Waals surface area contributed by atoms with Crippen LogP contribution >= 0.6 is 11.8 Å². The largest absolute Gasteiger partial charge is 0.387 e. The SMILES string of the molecule is CSCC(C)(O)CNc1cc(C)ncn1. The molecule has 4 nitrogen and oxygen atoms in total. The van der Waals surface area contributed by atoms with Gasteiger partial charge < -0.3 is 10.4 Å². The van der Waals surface area contributed by atoms with Gasteiger partial charge in [0.2, 0.25) is 0 Å². The Balaban J connectivity index is 2.49. The molecule has 0 fully saturated rings. The summed E-state index contributed by atoms with van der Waals surface area (Å²) < 4.78 is 0. The van der Waals surface area contributed by atoms with Crippen molar-refractivity contribution < 1.29 is 5.11 Å². The summed E-state index contributed by atoms with van der Waals surface area (Å²) >= 11 is 1.62. The highest BCUT2D eigenvalue weighted by Crippen LogP contribution is 2.12. The first-order chi connectivity index (χ1) is 7.03. The topological polar surface area (TPSA) is 58.0 Å². The van der Waals surface area contributed by atoms with Gasteiger partial charge in [-0.15, -0.1) is 0 Å². The molecule has 15 heavy (non-hydrogen) atoms. The lowest BCUT2D eigenvalue weighted by Gasteiger charge is -2.22. The molecule has 0 saturated carbocycles. The van der Waals surface area contributed by atoms with Gasteiger partial charge in [-0.1, -0.05) is 0 Å². The highest BCUT2D eigenvalue weighted by Gasteiger charge is 2.19. The van der Waals surface area contributed by atoms with Crippen LogP contribution in [0, 0.1) is 6.92 Å². The maximum absolute atomic E-state index is 9.92. The van der Waals surface area contributed by atoms with Crippen molar-refractivity contribution in [1.29, 1.82) is 0 Å². The Kier molecular flexibility index (Phi) is 4.35. The van der Waals surface area contributed by atoms with Crippen molar-refractivity contribution in [1.82, 2.24) is 9.97 Å². The summed E-state index contributed by atoms with van der Waals surface area (Å²) in [4.78, 5) is 8.07. The highest BCUT2D eigenvalue weighted by atomic mass is 32.2. The molecule has 0 radical (unpaired) electrons. The fraction of sp³-hybridized carbons (Fsp3) is 0.600. The zero-order valence-electron chi connectivity index (χ0n) is 9.32. The molecule has 0 bridgehead atoms. The van der Waals surface area contributed by atoms with Crippen LogP contribution < -0.4 is 5.32 Å². The zero-order valence-corrected chi connectivity index (χ0v) is 10.1. The molecule has 1 rings (SSSR count). The van der Waals surface area contributed by atoms with Crippen LogP contribution in [-0.2, 0) is 0 Å². The molecule has 84 valence electrons. The van der Waals surface area contributed by atoms with E-state index in [0.717, 1.165) is 11.5 Å². The van der Waals surface area contributed by atoms with Crippen molar-refractivity contribution in [2.24, 2.45) is 0 Å². The van der Waals surface area contributed by atoms with E-state index in [-0.39, 0.29) is 0 Å². The molecule has 0 aliphatic rings. The van der Waals surface area contributed by atoms with E-state index in [4.69, 9.17) is 0 Å². The number of thioether (sulfide) groups is 1. The molecule has 1 aromatic rings. The molecule has 0 aromatic carbocycles. The van der Waals surface area contributed by atoms with Gasteiger partial charge in [-0.05, 0) is 20.1 Å². The van der Waals surface area contributed by atoms with Crippen molar-refractivity contribution in [2.75, 3.05) is 23.9 Å². The van der Waals surface area contributed by atoms with Crippen LogP contribution in [0.25, 0.3) is 0 Å². The van der Waals surface area contributed by atoms with Crippen molar-refractivity contribution in [2.45, 2.75) is 19.4 Å². The summed E-state index contributed by atoms with van der Waals surface area (Å²) in [5.41, 5.74) is 0.204. The van der Waals surface area contributed by atoms with Gasteiger partial charge in [-0.2, -0.15) is 11.8 Å². The van der Waals surface area contributed by atoms with E-state index in [2.05, 4.69) is 15.3 Å². The van der Waals surface area contributed by atoms with Crippen LogP contribution in [0.4, 0.5) is 5.82 Å².